The van der Waals surface area contributed by atoms with E-state index in [1.165, 1.54) is 18.2 Å². The molecule has 0 N–H and O–H groups in total. The predicted octanol–water partition coefficient (Wildman–Crippen LogP) is 6.45. The van der Waals surface area contributed by atoms with Crippen molar-refractivity contribution in [1.82, 2.24) is 4.98 Å². The van der Waals surface area contributed by atoms with E-state index in [-0.39, 0.29) is 33.4 Å². The summed E-state index contributed by atoms with van der Waals surface area (Å²) in [6.07, 6.45) is -17.0. The Morgan fingerprint density at radius 2 is 1.47 bits per heavy atom. The molecule has 0 bridgehead atoms. The Hall–Kier alpha value is -2.62. The average molecular weight is 530 g/mol. The zero-order chi connectivity index (χ0) is 24.1. The Bertz CT molecular complexity index is 1090. The molecule has 3 rings (SSSR count). The minimum atomic E-state index is -5.40. The topological polar surface area (TPSA) is 49.0 Å². The molecule has 0 fully saturated rings. The monoisotopic (exact) mass is 529 g/mol. The second-order valence-electron chi connectivity index (χ2n) is 6.95. The van der Waals surface area contributed by atoms with Gasteiger partial charge in [0.25, 0.3) is 0 Å². The van der Waals surface area contributed by atoms with Gasteiger partial charge in [-0.25, -0.2) is 4.98 Å². The number of alkyl halides is 9. The second-order valence-corrected chi connectivity index (χ2v) is 7.80. The third-order valence-corrected chi connectivity index (χ3v) is 5.59. The number of halogens is 10. The summed E-state index contributed by atoms with van der Waals surface area (Å²) in [6.45, 7) is -1.11. The van der Waals surface area contributed by atoms with Crippen LogP contribution in [-0.2, 0) is 17.8 Å². The molecule has 3 nitrogen and oxygen atoms in total. The van der Waals surface area contributed by atoms with Gasteiger partial charge in [0, 0.05) is 16.6 Å². The molecule has 1 aromatic carbocycles. The van der Waals surface area contributed by atoms with Crippen molar-refractivity contribution in [2.75, 3.05) is 6.54 Å². The van der Waals surface area contributed by atoms with Gasteiger partial charge < -0.3 is 0 Å². The van der Waals surface area contributed by atoms with E-state index in [1.54, 1.807) is 0 Å². The van der Waals surface area contributed by atoms with E-state index >= 15 is 0 Å². The van der Waals surface area contributed by atoms with Crippen molar-refractivity contribution in [2.45, 2.75) is 30.4 Å². The molecule has 13 heteroatoms. The maximum absolute atomic E-state index is 14.1. The number of hydrogen-bond donors (Lipinski definition) is 0. The van der Waals surface area contributed by atoms with E-state index in [9.17, 15) is 39.5 Å². The van der Waals surface area contributed by atoms with Crippen molar-refractivity contribution in [3.05, 3.63) is 62.9 Å². The van der Waals surface area contributed by atoms with Crippen LogP contribution < -0.4 is 0 Å². The van der Waals surface area contributed by atoms with Gasteiger partial charge in [0.15, 0.2) is 0 Å². The molecule has 0 saturated heterocycles. The minimum Gasteiger partial charge on any atom is -0.288 e. The zero-order valence-electron chi connectivity index (χ0n) is 15.4. The standard InChI is InChI=1S/C19H9BrF9N3/c20-12-3-9(1-2-10(12)7-30)13-6-16(8-31-13,19(27,28)29)11-4-14(17(21,22)23)32-15(5-11)18(24,25)26/h1-5H,6,8H2. The van der Waals surface area contributed by atoms with E-state index in [0.717, 1.165) is 0 Å². The lowest BCUT2D eigenvalue weighted by atomic mass is 9.76. The van der Waals surface area contributed by atoms with Crippen LogP contribution in [-0.4, -0.2) is 23.4 Å². The summed E-state index contributed by atoms with van der Waals surface area (Å²) < 4.78 is 121. The van der Waals surface area contributed by atoms with Gasteiger partial charge in [-0.3, -0.25) is 4.99 Å². The minimum absolute atomic E-state index is 0.0180. The maximum Gasteiger partial charge on any atom is 0.433 e. The fraction of sp³-hybridized carbons (Fsp3) is 0.316. The lowest BCUT2D eigenvalue weighted by Gasteiger charge is -2.32. The molecular formula is C19H9BrF9N3. The molecule has 1 aliphatic heterocycles. The summed E-state index contributed by atoms with van der Waals surface area (Å²) in [5.74, 6) is 0. The van der Waals surface area contributed by atoms with Gasteiger partial charge in [0.05, 0.1) is 12.1 Å². The number of aliphatic imine (C=N–C) groups is 1. The Morgan fingerprint density at radius 1 is 0.906 bits per heavy atom. The molecule has 170 valence electrons. The van der Waals surface area contributed by atoms with E-state index in [2.05, 4.69) is 25.9 Å². The highest BCUT2D eigenvalue weighted by atomic mass is 79.9. The number of nitrogens with zero attached hydrogens (tertiary/aromatic N) is 3. The molecule has 1 atom stereocenters. The van der Waals surface area contributed by atoms with Gasteiger partial charge >= 0.3 is 18.5 Å². The van der Waals surface area contributed by atoms with Crippen molar-refractivity contribution >= 4 is 21.6 Å². The zero-order valence-corrected chi connectivity index (χ0v) is 17.0. The molecule has 0 spiro atoms. The Labute approximate surface area is 182 Å². The van der Waals surface area contributed by atoms with Crippen molar-refractivity contribution in [2.24, 2.45) is 4.99 Å². The van der Waals surface area contributed by atoms with Crippen LogP contribution in [0.25, 0.3) is 0 Å². The third-order valence-electron chi connectivity index (χ3n) is 4.93. The van der Waals surface area contributed by atoms with Gasteiger partial charge in [-0.2, -0.15) is 44.8 Å². The number of hydrogen-bond acceptors (Lipinski definition) is 3. The van der Waals surface area contributed by atoms with Gasteiger partial charge in [0.1, 0.15) is 22.9 Å². The molecule has 32 heavy (non-hydrogen) atoms. The van der Waals surface area contributed by atoms with E-state index in [0.29, 0.717) is 0 Å². The highest BCUT2D eigenvalue weighted by molar-refractivity contribution is 9.10. The Balaban J connectivity index is 2.15. The SMILES string of the molecule is N#Cc1ccc(C2=NCC(c3cc(C(F)(F)F)nc(C(F)(F)F)c3)(C(F)(F)F)C2)cc1Br. The molecule has 2 heterocycles. The average Bonchev–Trinajstić information content (AvgIpc) is 3.13. The summed E-state index contributed by atoms with van der Waals surface area (Å²) in [6, 6.07) is 5.69. The van der Waals surface area contributed by atoms with Crippen LogP contribution in [0, 0.1) is 11.3 Å². The summed E-state index contributed by atoms with van der Waals surface area (Å²) in [7, 11) is 0. The molecule has 0 radical (unpaired) electrons. The number of rotatable bonds is 2. The van der Waals surface area contributed by atoms with Crippen molar-refractivity contribution in [1.29, 1.82) is 5.26 Å². The number of nitriles is 1. The van der Waals surface area contributed by atoms with Gasteiger partial charge in [-0.1, -0.05) is 6.07 Å². The fourth-order valence-corrected chi connectivity index (χ4v) is 3.72. The van der Waals surface area contributed by atoms with Crippen LogP contribution in [0.2, 0.25) is 0 Å². The Morgan fingerprint density at radius 3 is 1.91 bits per heavy atom. The van der Waals surface area contributed by atoms with Gasteiger partial charge in [-0.05, 0) is 51.3 Å². The maximum atomic E-state index is 14.1. The molecule has 0 saturated carbocycles. The number of pyridine rings is 1. The fourth-order valence-electron chi connectivity index (χ4n) is 3.25. The van der Waals surface area contributed by atoms with Crippen LogP contribution in [0.4, 0.5) is 39.5 Å². The first-order valence-electron chi connectivity index (χ1n) is 8.55. The highest BCUT2D eigenvalue weighted by Gasteiger charge is 2.59. The summed E-state index contributed by atoms with van der Waals surface area (Å²) in [5, 5.41) is 8.95. The normalized spacial score (nSPS) is 19.6. The molecule has 0 amide bonds. The van der Waals surface area contributed by atoms with Gasteiger partial charge in [0.2, 0.25) is 0 Å². The summed E-state index contributed by atoms with van der Waals surface area (Å²) in [4.78, 5) is 6.27. The quantitative estimate of drug-likeness (QED) is 0.420. The smallest absolute Gasteiger partial charge is 0.288 e. The number of aromatic nitrogens is 1. The third kappa shape index (κ3) is 4.32. The lowest BCUT2D eigenvalue weighted by molar-refractivity contribution is -0.185. The molecule has 2 aromatic rings. The second kappa shape index (κ2) is 7.75. The van der Waals surface area contributed by atoms with Crippen LogP contribution in [0.5, 0.6) is 0 Å². The van der Waals surface area contributed by atoms with Crippen LogP contribution in [0.1, 0.15) is 34.5 Å². The lowest BCUT2D eigenvalue weighted by Crippen LogP contribution is -2.44. The van der Waals surface area contributed by atoms with E-state index in [4.69, 9.17) is 5.26 Å². The molecule has 1 aliphatic rings. The molecule has 0 aliphatic carbocycles. The van der Waals surface area contributed by atoms with Crippen molar-refractivity contribution < 1.29 is 39.5 Å². The van der Waals surface area contributed by atoms with Crippen molar-refractivity contribution in [3.63, 3.8) is 0 Å². The molecular weight excluding hydrogens is 521 g/mol. The first-order valence-corrected chi connectivity index (χ1v) is 9.35. The summed E-state index contributed by atoms with van der Waals surface area (Å²) >= 11 is 3.07. The predicted molar refractivity (Wildman–Crippen MR) is 96.9 cm³/mol. The van der Waals surface area contributed by atoms with Crippen molar-refractivity contribution in [3.8, 4) is 6.07 Å². The molecule has 1 aromatic heterocycles. The first-order chi connectivity index (χ1) is 14.6. The highest BCUT2D eigenvalue weighted by Crippen LogP contribution is 2.49. The molecule has 1 unspecified atom stereocenters. The Kier molecular flexibility index (Phi) is 5.82. The summed E-state index contributed by atoms with van der Waals surface area (Å²) in [5.41, 5.74) is -8.37. The van der Waals surface area contributed by atoms with Crippen LogP contribution >= 0.6 is 15.9 Å². The largest absolute Gasteiger partial charge is 0.433 e. The van der Waals surface area contributed by atoms with E-state index < -0.39 is 53.9 Å². The number of benzene rings is 1. The van der Waals surface area contributed by atoms with E-state index in [1.807, 2.05) is 6.07 Å². The van der Waals surface area contributed by atoms with Gasteiger partial charge in [-0.15, -0.1) is 0 Å². The van der Waals surface area contributed by atoms with Crippen LogP contribution in [0.3, 0.4) is 0 Å². The van der Waals surface area contributed by atoms with Crippen LogP contribution in [0.15, 0.2) is 39.8 Å². The first kappa shape index (κ1) is 24.0.